The molecule has 1 fully saturated rings. The average molecular weight is 324 g/mol. The van der Waals surface area contributed by atoms with E-state index in [4.69, 9.17) is 4.42 Å². The maximum absolute atomic E-state index is 11.8. The summed E-state index contributed by atoms with van der Waals surface area (Å²) in [7, 11) is 0. The molecule has 1 saturated heterocycles. The molecule has 1 aliphatic carbocycles. The number of aryl methyl sites for hydroxylation is 1. The van der Waals surface area contributed by atoms with Crippen LogP contribution in [0.3, 0.4) is 0 Å². The molecule has 1 aromatic heterocycles. The maximum atomic E-state index is 11.8. The average Bonchev–Trinajstić information content (AvgIpc) is 3.23. The predicted octanol–water partition coefficient (Wildman–Crippen LogP) is 3.57. The molecule has 1 aliphatic heterocycles. The van der Waals surface area contributed by atoms with E-state index in [1.165, 1.54) is 23.1 Å². The van der Waals surface area contributed by atoms with Crippen molar-refractivity contribution in [3.63, 3.8) is 0 Å². The number of rotatable bonds is 5. The van der Waals surface area contributed by atoms with Crippen LogP contribution < -0.4 is 5.32 Å². The zero-order valence-electron chi connectivity index (χ0n) is 14.0. The second kappa shape index (κ2) is 6.81. The Morgan fingerprint density at radius 2 is 2.08 bits per heavy atom. The molecule has 1 amide bonds. The largest absolute Gasteiger partial charge is 0.469 e. The number of carbonyl (C=O) groups is 1. The number of hydrogen-bond donors (Lipinski definition) is 1. The summed E-state index contributed by atoms with van der Waals surface area (Å²) in [6.07, 6.45) is 6.90. The van der Waals surface area contributed by atoms with E-state index >= 15 is 0 Å². The van der Waals surface area contributed by atoms with E-state index in [0.29, 0.717) is 12.5 Å². The van der Waals surface area contributed by atoms with Crippen LogP contribution >= 0.6 is 0 Å². The molecule has 24 heavy (non-hydrogen) atoms. The van der Waals surface area contributed by atoms with Gasteiger partial charge >= 0.3 is 0 Å². The van der Waals surface area contributed by atoms with Gasteiger partial charge in [0.15, 0.2) is 0 Å². The van der Waals surface area contributed by atoms with Crippen LogP contribution in [0, 0.1) is 0 Å². The lowest BCUT2D eigenvalue weighted by Gasteiger charge is -2.23. The van der Waals surface area contributed by atoms with E-state index in [0.717, 1.165) is 44.7 Å². The molecule has 2 aliphatic rings. The van der Waals surface area contributed by atoms with E-state index in [1.807, 2.05) is 4.90 Å². The van der Waals surface area contributed by atoms with Gasteiger partial charge in [-0.15, -0.1) is 0 Å². The number of amides is 1. The Kier molecular flexibility index (Phi) is 4.39. The van der Waals surface area contributed by atoms with Crippen molar-refractivity contribution in [1.29, 1.82) is 0 Å². The highest BCUT2D eigenvalue weighted by molar-refractivity contribution is 5.78. The van der Waals surface area contributed by atoms with E-state index < -0.39 is 0 Å². The number of fused-ring (bicyclic) bond motifs is 1. The van der Waals surface area contributed by atoms with Crippen LogP contribution in [0.15, 0.2) is 41.0 Å². The zero-order valence-corrected chi connectivity index (χ0v) is 14.0. The lowest BCUT2D eigenvalue weighted by molar-refractivity contribution is -0.128. The van der Waals surface area contributed by atoms with Gasteiger partial charge in [0.1, 0.15) is 5.76 Å². The quantitative estimate of drug-likeness (QED) is 0.914. The number of nitrogens with zero attached hydrogens (tertiary/aromatic N) is 1. The highest BCUT2D eigenvalue weighted by Gasteiger charge is 2.22. The van der Waals surface area contributed by atoms with Crippen LogP contribution in [0.2, 0.25) is 0 Å². The third-order valence-electron chi connectivity index (χ3n) is 5.14. The molecule has 0 radical (unpaired) electrons. The first kappa shape index (κ1) is 15.5. The fourth-order valence-corrected chi connectivity index (χ4v) is 3.87. The third kappa shape index (κ3) is 3.24. The van der Waals surface area contributed by atoms with Crippen molar-refractivity contribution < 1.29 is 9.21 Å². The van der Waals surface area contributed by atoms with Gasteiger partial charge in [-0.1, -0.05) is 24.3 Å². The summed E-state index contributed by atoms with van der Waals surface area (Å²) in [6.45, 7) is 2.48. The fourth-order valence-electron chi connectivity index (χ4n) is 3.87. The predicted molar refractivity (Wildman–Crippen MR) is 92.3 cm³/mol. The van der Waals surface area contributed by atoms with E-state index in [2.05, 4.69) is 35.6 Å². The Morgan fingerprint density at radius 3 is 2.96 bits per heavy atom. The highest BCUT2D eigenvalue weighted by atomic mass is 16.3. The van der Waals surface area contributed by atoms with Gasteiger partial charge in [0, 0.05) is 44.1 Å². The van der Waals surface area contributed by atoms with Crippen molar-refractivity contribution in [2.45, 2.75) is 51.2 Å². The Morgan fingerprint density at radius 1 is 1.17 bits per heavy atom. The van der Waals surface area contributed by atoms with Gasteiger partial charge in [-0.2, -0.15) is 0 Å². The molecule has 1 aromatic carbocycles. The number of nitrogens with one attached hydrogen (secondary N) is 1. The Bertz CT molecular complexity index is 722. The first-order chi connectivity index (χ1) is 11.8. The Hall–Kier alpha value is -2.07. The Balaban J connectivity index is 1.39. The molecule has 0 bridgehead atoms. The molecule has 1 N–H and O–H groups in total. The summed E-state index contributed by atoms with van der Waals surface area (Å²) in [5.41, 5.74) is 3.81. The van der Waals surface area contributed by atoms with Gasteiger partial charge < -0.3 is 14.6 Å². The molecule has 2 heterocycles. The summed E-state index contributed by atoms with van der Waals surface area (Å²) >= 11 is 0. The van der Waals surface area contributed by atoms with Gasteiger partial charge in [0.2, 0.25) is 5.91 Å². The van der Waals surface area contributed by atoms with Gasteiger partial charge in [-0.05, 0) is 36.5 Å². The van der Waals surface area contributed by atoms with Crippen molar-refractivity contribution in [3.05, 3.63) is 59.0 Å². The second-order valence-electron chi connectivity index (χ2n) is 6.86. The van der Waals surface area contributed by atoms with Crippen molar-refractivity contribution in [2.24, 2.45) is 0 Å². The zero-order chi connectivity index (χ0) is 16.4. The first-order valence-electron chi connectivity index (χ1n) is 8.95. The molecule has 4 nitrogen and oxygen atoms in total. The molecule has 4 rings (SSSR count). The van der Waals surface area contributed by atoms with Crippen LogP contribution in [-0.2, 0) is 24.3 Å². The highest BCUT2D eigenvalue weighted by Crippen LogP contribution is 2.30. The third-order valence-corrected chi connectivity index (χ3v) is 5.14. The monoisotopic (exact) mass is 324 g/mol. The maximum Gasteiger partial charge on any atom is 0.222 e. The molecule has 0 spiro atoms. The summed E-state index contributed by atoms with van der Waals surface area (Å²) in [5, 5.41) is 3.67. The fraction of sp³-hybridized carbons (Fsp3) is 0.450. The summed E-state index contributed by atoms with van der Waals surface area (Å²) in [5.74, 6) is 1.42. The number of hydrogen-bond acceptors (Lipinski definition) is 3. The van der Waals surface area contributed by atoms with Crippen LogP contribution in [0.25, 0.3) is 0 Å². The van der Waals surface area contributed by atoms with Crippen LogP contribution in [0.5, 0.6) is 0 Å². The number of carbonyl (C=O) groups excluding carboxylic acids is 1. The van der Waals surface area contributed by atoms with Gasteiger partial charge in [0.05, 0.1) is 6.26 Å². The molecule has 1 unspecified atom stereocenters. The van der Waals surface area contributed by atoms with Gasteiger partial charge in [-0.25, -0.2) is 0 Å². The Labute approximate surface area is 142 Å². The standard InChI is InChI=1S/C20H24N2O2/c23-20-8-3-10-22(20)14-16-5-1-4-15(12-16)13-21-18-6-2-7-19-17(18)9-11-24-19/h1,4-5,9,11-12,18,21H,2-3,6-8,10,13-14H2. The van der Waals surface area contributed by atoms with Gasteiger partial charge in [0.25, 0.3) is 0 Å². The molecule has 1 atom stereocenters. The van der Waals surface area contributed by atoms with Gasteiger partial charge in [-0.3, -0.25) is 4.79 Å². The van der Waals surface area contributed by atoms with E-state index in [-0.39, 0.29) is 5.91 Å². The van der Waals surface area contributed by atoms with Crippen molar-refractivity contribution in [2.75, 3.05) is 6.54 Å². The van der Waals surface area contributed by atoms with E-state index in [1.54, 1.807) is 6.26 Å². The molecular weight excluding hydrogens is 300 g/mol. The van der Waals surface area contributed by atoms with Crippen molar-refractivity contribution in [1.82, 2.24) is 10.2 Å². The van der Waals surface area contributed by atoms with Crippen molar-refractivity contribution >= 4 is 5.91 Å². The molecule has 4 heteroatoms. The SMILES string of the molecule is O=C1CCCN1Cc1cccc(CNC2CCCc3occc32)c1. The molecule has 2 aromatic rings. The number of likely N-dealkylation sites (tertiary alicyclic amines) is 1. The lowest BCUT2D eigenvalue weighted by atomic mass is 9.93. The van der Waals surface area contributed by atoms with E-state index in [9.17, 15) is 4.79 Å². The minimum Gasteiger partial charge on any atom is -0.469 e. The minimum atomic E-state index is 0.285. The summed E-state index contributed by atoms with van der Waals surface area (Å²) in [4.78, 5) is 13.8. The smallest absolute Gasteiger partial charge is 0.222 e. The summed E-state index contributed by atoms with van der Waals surface area (Å²) in [6, 6.07) is 11.1. The number of furan rings is 1. The normalized spacial score (nSPS) is 20.4. The van der Waals surface area contributed by atoms with Crippen molar-refractivity contribution in [3.8, 4) is 0 Å². The van der Waals surface area contributed by atoms with Crippen LogP contribution in [0.4, 0.5) is 0 Å². The number of benzene rings is 1. The van der Waals surface area contributed by atoms with Crippen LogP contribution in [-0.4, -0.2) is 17.4 Å². The first-order valence-corrected chi connectivity index (χ1v) is 8.95. The molecule has 0 saturated carbocycles. The second-order valence-corrected chi connectivity index (χ2v) is 6.86. The topological polar surface area (TPSA) is 45.5 Å². The van der Waals surface area contributed by atoms with Crippen LogP contribution in [0.1, 0.15) is 54.2 Å². The molecule has 126 valence electrons. The molecular formula is C20H24N2O2. The lowest BCUT2D eigenvalue weighted by Crippen LogP contribution is -2.25. The summed E-state index contributed by atoms with van der Waals surface area (Å²) < 4.78 is 5.56. The minimum absolute atomic E-state index is 0.285.